The number of carbonyl (C=O) groups is 1. The van der Waals surface area contributed by atoms with Crippen LogP contribution in [-0.4, -0.2) is 37.8 Å². The van der Waals surface area contributed by atoms with Crippen molar-refractivity contribution in [3.05, 3.63) is 66.2 Å². The molecule has 0 bridgehead atoms. The number of hydrogen-bond donors (Lipinski definition) is 0. The van der Waals surface area contributed by atoms with Gasteiger partial charge in [-0.15, -0.1) is 0 Å². The van der Waals surface area contributed by atoms with Gasteiger partial charge < -0.3 is 4.90 Å². The Balaban J connectivity index is 1.65. The Morgan fingerprint density at radius 2 is 1.54 bits per heavy atom. The van der Waals surface area contributed by atoms with E-state index in [0.29, 0.717) is 25.9 Å². The van der Waals surface area contributed by atoms with Crippen molar-refractivity contribution < 1.29 is 13.2 Å². The van der Waals surface area contributed by atoms with Gasteiger partial charge in [-0.25, -0.2) is 12.7 Å². The van der Waals surface area contributed by atoms with E-state index in [0.717, 1.165) is 11.3 Å². The standard InChI is InChI=1S/C22H28N2O3S/c1-18(2)24(21-11-7-4-8-12-21)22(25)20-13-15-23(16-14-20)28(26,27)17-19-9-5-3-6-10-19/h3-12,18,20H,13-17H2,1-2H3. The van der Waals surface area contributed by atoms with Crippen LogP contribution in [0.4, 0.5) is 5.69 Å². The van der Waals surface area contributed by atoms with Crippen LogP contribution in [0.2, 0.25) is 0 Å². The van der Waals surface area contributed by atoms with E-state index in [1.807, 2.05) is 79.4 Å². The predicted octanol–water partition coefficient (Wildman–Crippen LogP) is 3.67. The summed E-state index contributed by atoms with van der Waals surface area (Å²) in [5.41, 5.74) is 1.68. The molecule has 2 aromatic carbocycles. The van der Waals surface area contributed by atoms with Crippen LogP contribution in [0.25, 0.3) is 0 Å². The Hall–Kier alpha value is -2.18. The van der Waals surface area contributed by atoms with Crippen LogP contribution in [0.1, 0.15) is 32.3 Å². The van der Waals surface area contributed by atoms with Gasteiger partial charge in [-0.2, -0.15) is 0 Å². The van der Waals surface area contributed by atoms with Crippen molar-refractivity contribution in [3.8, 4) is 0 Å². The molecule has 0 radical (unpaired) electrons. The highest BCUT2D eigenvalue weighted by molar-refractivity contribution is 7.88. The number of rotatable bonds is 6. The maximum atomic E-state index is 13.1. The second kappa shape index (κ2) is 8.88. The summed E-state index contributed by atoms with van der Waals surface area (Å²) in [7, 11) is -3.37. The van der Waals surface area contributed by atoms with Crippen molar-refractivity contribution in [2.75, 3.05) is 18.0 Å². The second-order valence-electron chi connectivity index (χ2n) is 7.55. The molecular weight excluding hydrogens is 372 g/mol. The first kappa shape index (κ1) is 20.6. The number of hydrogen-bond acceptors (Lipinski definition) is 3. The van der Waals surface area contributed by atoms with Gasteiger partial charge in [0.15, 0.2) is 0 Å². The molecule has 150 valence electrons. The van der Waals surface area contributed by atoms with Crippen molar-refractivity contribution in [3.63, 3.8) is 0 Å². The summed E-state index contributed by atoms with van der Waals surface area (Å²) >= 11 is 0. The van der Waals surface area contributed by atoms with Crippen LogP contribution in [0.15, 0.2) is 60.7 Å². The van der Waals surface area contributed by atoms with Gasteiger partial charge in [-0.1, -0.05) is 48.5 Å². The van der Waals surface area contributed by atoms with Crippen LogP contribution < -0.4 is 4.90 Å². The summed E-state index contributed by atoms with van der Waals surface area (Å²) in [6.07, 6.45) is 1.12. The summed E-state index contributed by atoms with van der Waals surface area (Å²) < 4.78 is 27.0. The second-order valence-corrected chi connectivity index (χ2v) is 9.52. The minimum absolute atomic E-state index is 0.00852. The molecule has 1 heterocycles. The SMILES string of the molecule is CC(C)N(C(=O)C1CCN(S(=O)(=O)Cc2ccccc2)CC1)c1ccccc1. The van der Waals surface area contributed by atoms with Crippen LogP contribution >= 0.6 is 0 Å². The fourth-order valence-electron chi connectivity index (χ4n) is 3.72. The van der Waals surface area contributed by atoms with Crippen LogP contribution in [0, 0.1) is 5.92 Å². The van der Waals surface area contributed by atoms with Crippen molar-refractivity contribution in [2.45, 2.75) is 38.5 Å². The number of benzene rings is 2. The van der Waals surface area contributed by atoms with E-state index in [9.17, 15) is 13.2 Å². The quantitative estimate of drug-likeness (QED) is 0.743. The normalized spacial score (nSPS) is 16.2. The Morgan fingerprint density at radius 1 is 1.00 bits per heavy atom. The highest BCUT2D eigenvalue weighted by atomic mass is 32.2. The Bertz CT molecular complexity index is 875. The highest BCUT2D eigenvalue weighted by Crippen LogP contribution is 2.27. The van der Waals surface area contributed by atoms with Gasteiger partial charge in [0, 0.05) is 30.7 Å². The van der Waals surface area contributed by atoms with E-state index >= 15 is 0 Å². The number of nitrogens with zero attached hydrogens (tertiary/aromatic N) is 2. The molecule has 1 amide bonds. The smallest absolute Gasteiger partial charge is 0.230 e. The molecule has 0 aliphatic carbocycles. The van der Waals surface area contributed by atoms with Gasteiger partial charge in [-0.3, -0.25) is 4.79 Å². The van der Waals surface area contributed by atoms with E-state index in [1.165, 1.54) is 4.31 Å². The minimum Gasteiger partial charge on any atom is -0.310 e. The van der Waals surface area contributed by atoms with Gasteiger partial charge in [0.05, 0.1) is 5.75 Å². The predicted molar refractivity (Wildman–Crippen MR) is 112 cm³/mol. The Labute approximate surface area is 168 Å². The molecule has 0 spiro atoms. The molecule has 1 saturated heterocycles. The van der Waals surface area contributed by atoms with Crippen molar-refractivity contribution in [1.82, 2.24) is 4.31 Å². The number of para-hydroxylation sites is 1. The van der Waals surface area contributed by atoms with Gasteiger partial charge in [-0.05, 0) is 44.4 Å². The Morgan fingerprint density at radius 3 is 2.07 bits per heavy atom. The number of piperidine rings is 1. The fraction of sp³-hybridized carbons (Fsp3) is 0.409. The lowest BCUT2D eigenvalue weighted by atomic mass is 9.95. The first-order valence-corrected chi connectivity index (χ1v) is 11.4. The number of carbonyl (C=O) groups excluding carboxylic acids is 1. The molecule has 0 N–H and O–H groups in total. The minimum atomic E-state index is -3.37. The van der Waals surface area contributed by atoms with Crippen LogP contribution in [0.3, 0.4) is 0 Å². The maximum absolute atomic E-state index is 13.1. The monoisotopic (exact) mass is 400 g/mol. The largest absolute Gasteiger partial charge is 0.310 e. The lowest BCUT2D eigenvalue weighted by Gasteiger charge is -2.35. The molecule has 6 heteroatoms. The number of amides is 1. The van der Waals surface area contributed by atoms with Crippen LogP contribution in [-0.2, 0) is 20.6 Å². The molecule has 0 aromatic heterocycles. The topological polar surface area (TPSA) is 57.7 Å². The molecule has 0 saturated carbocycles. The zero-order valence-corrected chi connectivity index (χ0v) is 17.3. The van der Waals surface area contributed by atoms with Crippen molar-refractivity contribution in [2.24, 2.45) is 5.92 Å². The lowest BCUT2D eigenvalue weighted by Crippen LogP contribution is -2.46. The average Bonchev–Trinajstić information content (AvgIpc) is 2.69. The summed E-state index contributed by atoms with van der Waals surface area (Å²) in [5, 5.41) is 0. The molecule has 2 aromatic rings. The zero-order chi connectivity index (χ0) is 20.1. The van der Waals surface area contributed by atoms with E-state index in [4.69, 9.17) is 0 Å². The molecule has 0 unspecified atom stereocenters. The molecule has 1 aliphatic rings. The zero-order valence-electron chi connectivity index (χ0n) is 16.5. The molecule has 1 fully saturated rings. The molecule has 3 rings (SSSR count). The summed E-state index contributed by atoms with van der Waals surface area (Å²) in [6, 6.07) is 18.9. The number of anilines is 1. The maximum Gasteiger partial charge on any atom is 0.230 e. The first-order chi connectivity index (χ1) is 13.4. The van der Waals surface area contributed by atoms with Crippen molar-refractivity contribution >= 4 is 21.6 Å². The fourth-order valence-corrected chi connectivity index (χ4v) is 5.29. The van der Waals surface area contributed by atoms with E-state index in [2.05, 4.69) is 0 Å². The lowest BCUT2D eigenvalue weighted by molar-refractivity contribution is -0.123. The summed E-state index contributed by atoms with van der Waals surface area (Å²) in [4.78, 5) is 15.0. The van der Waals surface area contributed by atoms with Gasteiger partial charge in [0.1, 0.15) is 0 Å². The third-order valence-electron chi connectivity index (χ3n) is 5.18. The van der Waals surface area contributed by atoms with E-state index in [-0.39, 0.29) is 23.6 Å². The highest BCUT2D eigenvalue weighted by Gasteiger charge is 2.34. The molecular formula is C22H28N2O3S. The summed E-state index contributed by atoms with van der Waals surface area (Å²) in [5.74, 6) is -0.0544. The van der Waals surface area contributed by atoms with E-state index < -0.39 is 10.0 Å². The third-order valence-corrected chi connectivity index (χ3v) is 7.03. The number of sulfonamides is 1. The molecule has 28 heavy (non-hydrogen) atoms. The van der Waals surface area contributed by atoms with Gasteiger partial charge in [0.25, 0.3) is 0 Å². The first-order valence-electron chi connectivity index (χ1n) is 9.78. The Kier molecular flexibility index (Phi) is 6.52. The van der Waals surface area contributed by atoms with Gasteiger partial charge in [0.2, 0.25) is 15.9 Å². The third kappa shape index (κ3) is 4.80. The van der Waals surface area contributed by atoms with E-state index in [1.54, 1.807) is 0 Å². The van der Waals surface area contributed by atoms with Gasteiger partial charge >= 0.3 is 0 Å². The molecule has 0 atom stereocenters. The summed E-state index contributed by atoms with van der Waals surface area (Å²) in [6.45, 7) is 4.80. The van der Waals surface area contributed by atoms with Crippen LogP contribution in [0.5, 0.6) is 0 Å². The average molecular weight is 401 g/mol. The van der Waals surface area contributed by atoms with Crippen molar-refractivity contribution in [1.29, 1.82) is 0 Å². The molecule has 5 nitrogen and oxygen atoms in total. The molecule has 1 aliphatic heterocycles.